The molecule has 0 spiro atoms. The van der Waals surface area contributed by atoms with Gasteiger partial charge in [0.2, 0.25) is 0 Å². The topological polar surface area (TPSA) is 29.5 Å². The Hall–Kier alpha value is -1.23. The van der Waals surface area contributed by atoms with Crippen LogP contribution in [0.3, 0.4) is 0 Å². The number of hydrogen-bond acceptors (Lipinski definition) is 2. The van der Waals surface area contributed by atoms with Crippen LogP contribution >= 0.6 is 0 Å². The molecule has 1 rings (SSSR count). The van der Waals surface area contributed by atoms with Crippen LogP contribution in [-0.2, 0) is 0 Å². The molecule has 16 heavy (non-hydrogen) atoms. The minimum absolute atomic E-state index is 0.0432. The molecule has 1 atom stereocenters. The van der Waals surface area contributed by atoms with Gasteiger partial charge in [0.1, 0.15) is 5.75 Å². The van der Waals surface area contributed by atoms with E-state index in [1.165, 1.54) is 24.3 Å². The molecule has 0 heterocycles. The highest BCUT2D eigenvalue weighted by atomic mass is 19.4. The number of hydrogen-bond donors (Lipinski definition) is 1. The van der Waals surface area contributed by atoms with Crippen LogP contribution < -0.4 is 4.74 Å². The molecule has 0 aliphatic heterocycles. The lowest BCUT2D eigenvalue weighted by Crippen LogP contribution is -2.20. The maximum atomic E-state index is 12.2. The molecule has 1 aromatic carbocycles. The van der Waals surface area contributed by atoms with Crippen LogP contribution in [0.2, 0.25) is 0 Å². The Morgan fingerprint density at radius 3 is 2.00 bits per heavy atom. The maximum absolute atomic E-state index is 12.2. The lowest BCUT2D eigenvalue weighted by Gasteiger charge is -2.15. The minimum atomic E-state index is -4.64. The monoisotopic (exact) mass is 234 g/mol. The number of benzene rings is 1. The largest absolute Gasteiger partial charge is 0.491 e. The first-order valence-corrected chi connectivity index (χ1v) is 4.82. The van der Waals surface area contributed by atoms with Gasteiger partial charge in [-0.1, -0.05) is 12.1 Å². The molecule has 1 N–H and O–H groups in total. The van der Waals surface area contributed by atoms with E-state index < -0.39 is 12.3 Å². The van der Waals surface area contributed by atoms with E-state index in [1.54, 1.807) is 0 Å². The Bertz CT molecular complexity index is 330. The molecule has 0 radical (unpaired) electrons. The summed E-state index contributed by atoms with van der Waals surface area (Å²) >= 11 is 0. The Balaban J connectivity index is 2.79. The molecule has 0 aliphatic rings. The molecule has 0 unspecified atom stereocenters. The van der Waals surface area contributed by atoms with Crippen LogP contribution in [0.15, 0.2) is 24.3 Å². The second-order valence-electron chi connectivity index (χ2n) is 3.68. The minimum Gasteiger partial charge on any atom is -0.491 e. The number of aliphatic hydroxyl groups excluding tert-OH is 1. The Kier molecular flexibility index (Phi) is 3.80. The van der Waals surface area contributed by atoms with E-state index in [9.17, 15) is 13.2 Å². The summed E-state index contributed by atoms with van der Waals surface area (Å²) in [5.41, 5.74) is -0.191. The number of alkyl halides is 3. The van der Waals surface area contributed by atoms with Gasteiger partial charge in [0.25, 0.3) is 0 Å². The fraction of sp³-hybridized carbons (Fsp3) is 0.455. The Labute approximate surface area is 91.7 Å². The van der Waals surface area contributed by atoms with Crippen molar-refractivity contribution >= 4 is 0 Å². The predicted octanol–water partition coefficient (Wildman–Crippen LogP) is 3.07. The van der Waals surface area contributed by atoms with Crippen LogP contribution in [0.5, 0.6) is 5.75 Å². The highest BCUT2D eigenvalue weighted by Gasteiger charge is 2.39. The van der Waals surface area contributed by atoms with Gasteiger partial charge < -0.3 is 9.84 Å². The molecular formula is C11H13F3O2. The van der Waals surface area contributed by atoms with E-state index in [4.69, 9.17) is 9.84 Å². The molecule has 2 nitrogen and oxygen atoms in total. The van der Waals surface area contributed by atoms with E-state index in [2.05, 4.69) is 0 Å². The normalized spacial score (nSPS) is 13.9. The zero-order valence-corrected chi connectivity index (χ0v) is 8.95. The van der Waals surface area contributed by atoms with Gasteiger partial charge in [0, 0.05) is 0 Å². The van der Waals surface area contributed by atoms with Gasteiger partial charge in [0.05, 0.1) is 6.10 Å². The van der Waals surface area contributed by atoms with Crippen molar-refractivity contribution in [3.63, 3.8) is 0 Å². The predicted molar refractivity (Wildman–Crippen MR) is 53.2 cm³/mol. The van der Waals surface area contributed by atoms with E-state index in [0.29, 0.717) is 5.75 Å². The van der Waals surface area contributed by atoms with Gasteiger partial charge in [-0.3, -0.25) is 0 Å². The van der Waals surface area contributed by atoms with Crippen LogP contribution in [-0.4, -0.2) is 17.4 Å². The molecule has 0 bridgehead atoms. The highest BCUT2D eigenvalue weighted by Crippen LogP contribution is 2.32. The quantitative estimate of drug-likeness (QED) is 0.870. The summed E-state index contributed by atoms with van der Waals surface area (Å²) in [6.45, 7) is 3.64. The van der Waals surface area contributed by atoms with Crippen molar-refractivity contribution in [1.82, 2.24) is 0 Å². The molecule has 1 aromatic rings. The molecule has 0 fully saturated rings. The van der Waals surface area contributed by atoms with Crippen LogP contribution in [0.25, 0.3) is 0 Å². The molecule has 5 heteroatoms. The van der Waals surface area contributed by atoms with Crippen LogP contribution in [0.1, 0.15) is 25.5 Å². The van der Waals surface area contributed by atoms with Crippen LogP contribution in [0.4, 0.5) is 13.2 Å². The molecule has 0 aliphatic carbocycles. The molecular weight excluding hydrogens is 221 g/mol. The van der Waals surface area contributed by atoms with E-state index in [0.717, 1.165) is 0 Å². The standard InChI is InChI=1S/C11H13F3O2/c1-7(2)16-9-5-3-8(4-6-9)10(15)11(12,13)14/h3-7,10,15H,1-2H3/t10-/m0/s1. The fourth-order valence-corrected chi connectivity index (χ4v) is 1.19. The molecule has 90 valence electrons. The van der Waals surface area contributed by atoms with Gasteiger partial charge in [-0.2, -0.15) is 13.2 Å². The summed E-state index contributed by atoms with van der Waals surface area (Å²) in [5.74, 6) is 0.480. The third-order valence-electron chi connectivity index (χ3n) is 1.88. The summed E-state index contributed by atoms with van der Waals surface area (Å²) in [7, 11) is 0. The fourth-order valence-electron chi connectivity index (χ4n) is 1.19. The Morgan fingerprint density at radius 1 is 1.12 bits per heavy atom. The zero-order chi connectivity index (χ0) is 12.3. The lowest BCUT2D eigenvalue weighted by molar-refractivity contribution is -0.206. The number of rotatable bonds is 3. The van der Waals surface area contributed by atoms with Gasteiger partial charge in [-0.05, 0) is 31.5 Å². The summed E-state index contributed by atoms with van der Waals surface area (Å²) < 4.78 is 41.8. The van der Waals surface area contributed by atoms with Gasteiger partial charge in [-0.15, -0.1) is 0 Å². The zero-order valence-electron chi connectivity index (χ0n) is 8.95. The second-order valence-corrected chi connectivity index (χ2v) is 3.68. The SMILES string of the molecule is CC(C)Oc1ccc([C@H](O)C(F)(F)F)cc1. The lowest BCUT2D eigenvalue weighted by atomic mass is 10.1. The first-order valence-electron chi connectivity index (χ1n) is 4.82. The van der Waals surface area contributed by atoms with Gasteiger partial charge in [-0.25, -0.2) is 0 Å². The van der Waals surface area contributed by atoms with Gasteiger partial charge >= 0.3 is 6.18 Å². The third kappa shape index (κ3) is 3.41. The number of halogens is 3. The third-order valence-corrected chi connectivity index (χ3v) is 1.88. The maximum Gasteiger partial charge on any atom is 0.418 e. The Morgan fingerprint density at radius 2 is 1.62 bits per heavy atom. The van der Waals surface area contributed by atoms with Crippen molar-refractivity contribution in [3.8, 4) is 5.75 Å². The van der Waals surface area contributed by atoms with Crippen molar-refractivity contribution in [1.29, 1.82) is 0 Å². The molecule has 0 aromatic heterocycles. The average Bonchev–Trinajstić information content (AvgIpc) is 2.15. The number of ether oxygens (including phenoxy) is 1. The summed E-state index contributed by atoms with van der Waals surface area (Å²) in [4.78, 5) is 0. The first kappa shape index (κ1) is 12.8. The van der Waals surface area contributed by atoms with Gasteiger partial charge in [0.15, 0.2) is 6.10 Å². The van der Waals surface area contributed by atoms with Crippen molar-refractivity contribution in [2.24, 2.45) is 0 Å². The summed E-state index contributed by atoms with van der Waals surface area (Å²) in [6, 6.07) is 5.22. The van der Waals surface area contributed by atoms with E-state index >= 15 is 0 Å². The van der Waals surface area contributed by atoms with Crippen molar-refractivity contribution in [2.45, 2.75) is 32.2 Å². The molecule has 0 amide bonds. The van der Waals surface area contributed by atoms with E-state index in [1.807, 2.05) is 13.8 Å². The summed E-state index contributed by atoms with van der Waals surface area (Å²) in [6.07, 6.45) is -7.13. The van der Waals surface area contributed by atoms with Crippen molar-refractivity contribution in [2.75, 3.05) is 0 Å². The first-order chi connectivity index (χ1) is 7.30. The van der Waals surface area contributed by atoms with Crippen LogP contribution in [0, 0.1) is 0 Å². The molecule has 0 saturated heterocycles. The smallest absolute Gasteiger partial charge is 0.418 e. The average molecular weight is 234 g/mol. The molecule has 0 saturated carbocycles. The second kappa shape index (κ2) is 4.74. The van der Waals surface area contributed by atoms with E-state index in [-0.39, 0.29) is 11.7 Å². The summed E-state index contributed by atoms with van der Waals surface area (Å²) in [5, 5.41) is 8.96. The number of aliphatic hydroxyl groups is 1. The van der Waals surface area contributed by atoms with Crippen molar-refractivity contribution in [3.05, 3.63) is 29.8 Å². The van der Waals surface area contributed by atoms with Crippen molar-refractivity contribution < 1.29 is 23.0 Å². The highest BCUT2D eigenvalue weighted by molar-refractivity contribution is 5.29.